The Bertz CT molecular complexity index is 337. The van der Waals surface area contributed by atoms with Crippen LogP contribution in [0, 0.1) is 11.3 Å². The van der Waals surface area contributed by atoms with Crippen LogP contribution >= 0.6 is 0 Å². The molecule has 2 rings (SSSR count). The third kappa shape index (κ3) is 3.02. The average Bonchev–Trinajstić information content (AvgIpc) is 3.01. The van der Waals surface area contributed by atoms with Gasteiger partial charge in [0.05, 0.1) is 0 Å². The van der Waals surface area contributed by atoms with Gasteiger partial charge in [-0.05, 0) is 51.1 Å². The zero-order valence-corrected chi connectivity index (χ0v) is 10.9. The molecule has 102 valence electrons. The van der Waals surface area contributed by atoms with Gasteiger partial charge in [-0.3, -0.25) is 9.59 Å². The Morgan fingerprint density at radius 3 is 2.72 bits per heavy atom. The van der Waals surface area contributed by atoms with Gasteiger partial charge >= 0.3 is 5.97 Å². The second kappa shape index (κ2) is 5.26. The van der Waals surface area contributed by atoms with Gasteiger partial charge in [-0.25, -0.2) is 0 Å². The largest absolute Gasteiger partial charge is 0.481 e. The number of rotatable bonds is 5. The molecular formula is C13H22N2O3. The average molecular weight is 254 g/mol. The highest BCUT2D eigenvalue weighted by Crippen LogP contribution is 2.58. The van der Waals surface area contributed by atoms with Crippen LogP contribution in [0.5, 0.6) is 0 Å². The molecule has 5 heteroatoms. The summed E-state index contributed by atoms with van der Waals surface area (Å²) in [5, 5.41) is 14.9. The Labute approximate surface area is 107 Å². The number of nitrogens with one attached hydrogen (secondary N) is 2. The number of carbonyl (C=O) groups is 2. The summed E-state index contributed by atoms with van der Waals surface area (Å²) in [6.07, 6.45) is 3.80. The molecule has 0 aromatic carbocycles. The van der Waals surface area contributed by atoms with Gasteiger partial charge in [-0.15, -0.1) is 0 Å². The maximum atomic E-state index is 12.1. The molecule has 2 aliphatic rings. The van der Waals surface area contributed by atoms with Crippen molar-refractivity contribution in [2.24, 2.45) is 11.3 Å². The SMILES string of the molecule is CC(CCC(=O)O)NC(=O)C1CC12CCNCC2. The van der Waals surface area contributed by atoms with Crippen molar-refractivity contribution >= 4 is 11.9 Å². The van der Waals surface area contributed by atoms with E-state index in [1.165, 1.54) is 0 Å². The van der Waals surface area contributed by atoms with Gasteiger partial charge in [-0.1, -0.05) is 0 Å². The third-order valence-electron chi connectivity index (χ3n) is 4.29. The third-order valence-corrected chi connectivity index (χ3v) is 4.29. The lowest BCUT2D eigenvalue weighted by Gasteiger charge is -2.23. The van der Waals surface area contributed by atoms with Crippen LogP contribution in [-0.2, 0) is 9.59 Å². The minimum absolute atomic E-state index is 0.0482. The number of carbonyl (C=O) groups excluding carboxylic acids is 1. The van der Waals surface area contributed by atoms with Crippen molar-refractivity contribution in [3.05, 3.63) is 0 Å². The van der Waals surface area contributed by atoms with Crippen LogP contribution < -0.4 is 10.6 Å². The molecule has 0 aromatic heterocycles. The molecule has 18 heavy (non-hydrogen) atoms. The molecule has 5 nitrogen and oxygen atoms in total. The van der Waals surface area contributed by atoms with Gasteiger partial charge in [-0.2, -0.15) is 0 Å². The second-order valence-corrected chi connectivity index (χ2v) is 5.71. The van der Waals surface area contributed by atoms with E-state index in [0.717, 1.165) is 32.4 Å². The minimum Gasteiger partial charge on any atom is -0.481 e. The number of piperidine rings is 1. The Morgan fingerprint density at radius 1 is 1.44 bits per heavy atom. The standard InChI is InChI=1S/C13H22N2O3/c1-9(2-3-11(16)17)15-12(18)10-8-13(10)4-6-14-7-5-13/h9-10,14H,2-8H2,1H3,(H,15,18)(H,16,17). The highest BCUT2D eigenvalue weighted by atomic mass is 16.4. The molecule has 0 radical (unpaired) electrons. The molecule has 1 saturated heterocycles. The summed E-state index contributed by atoms with van der Waals surface area (Å²) in [5.74, 6) is -0.529. The molecule has 1 spiro atoms. The van der Waals surface area contributed by atoms with Crippen molar-refractivity contribution < 1.29 is 14.7 Å². The Morgan fingerprint density at radius 2 is 2.11 bits per heavy atom. The van der Waals surface area contributed by atoms with Gasteiger partial charge in [0.25, 0.3) is 0 Å². The fourth-order valence-corrected chi connectivity index (χ4v) is 2.95. The highest BCUT2D eigenvalue weighted by molar-refractivity contribution is 5.82. The van der Waals surface area contributed by atoms with Crippen LogP contribution in [0.15, 0.2) is 0 Å². The number of carboxylic acid groups (broad SMARTS) is 1. The fourth-order valence-electron chi connectivity index (χ4n) is 2.95. The Hall–Kier alpha value is -1.10. The summed E-state index contributed by atoms with van der Waals surface area (Å²) in [5.41, 5.74) is 0.252. The highest BCUT2D eigenvalue weighted by Gasteiger charge is 2.57. The van der Waals surface area contributed by atoms with E-state index >= 15 is 0 Å². The number of aliphatic carboxylic acids is 1. The van der Waals surface area contributed by atoms with Gasteiger partial charge in [0, 0.05) is 18.4 Å². The first kappa shape index (κ1) is 13.3. The summed E-state index contributed by atoms with van der Waals surface area (Å²) in [6, 6.07) is -0.0482. The lowest BCUT2D eigenvalue weighted by atomic mass is 9.91. The van der Waals surface area contributed by atoms with Gasteiger partial charge < -0.3 is 15.7 Å². The predicted octanol–water partition coefficient (Wildman–Crippen LogP) is 0.746. The van der Waals surface area contributed by atoms with Crippen LogP contribution in [0.2, 0.25) is 0 Å². The lowest BCUT2D eigenvalue weighted by molar-refractivity contribution is -0.137. The van der Waals surface area contributed by atoms with Crippen LogP contribution in [0.1, 0.15) is 39.0 Å². The van der Waals surface area contributed by atoms with Crippen molar-refractivity contribution in [1.82, 2.24) is 10.6 Å². The monoisotopic (exact) mass is 254 g/mol. The van der Waals surface area contributed by atoms with Crippen molar-refractivity contribution in [3.8, 4) is 0 Å². The molecule has 2 atom stereocenters. The van der Waals surface area contributed by atoms with E-state index in [9.17, 15) is 9.59 Å². The van der Waals surface area contributed by atoms with Crippen molar-refractivity contribution in [2.75, 3.05) is 13.1 Å². The zero-order valence-electron chi connectivity index (χ0n) is 10.9. The lowest BCUT2D eigenvalue weighted by Crippen LogP contribution is -2.37. The fraction of sp³-hybridized carbons (Fsp3) is 0.846. The van der Waals surface area contributed by atoms with Crippen LogP contribution in [0.3, 0.4) is 0 Å². The van der Waals surface area contributed by atoms with E-state index in [2.05, 4.69) is 10.6 Å². The van der Waals surface area contributed by atoms with Gasteiger partial charge in [0.1, 0.15) is 0 Å². The summed E-state index contributed by atoms with van der Waals surface area (Å²) < 4.78 is 0. The normalized spacial score (nSPS) is 26.6. The van der Waals surface area contributed by atoms with Crippen molar-refractivity contribution in [2.45, 2.75) is 45.1 Å². The summed E-state index contributed by atoms with van der Waals surface area (Å²) in [4.78, 5) is 22.5. The Balaban J connectivity index is 1.74. The second-order valence-electron chi connectivity index (χ2n) is 5.71. The number of carboxylic acids is 1. The smallest absolute Gasteiger partial charge is 0.303 e. The number of hydrogen-bond donors (Lipinski definition) is 3. The zero-order chi connectivity index (χ0) is 13.2. The van der Waals surface area contributed by atoms with Crippen LogP contribution in [0.25, 0.3) is 0 Å². The molecule has 0 bridgehead atoms. The molecule has 1 aliphatic carbocycles. The molecule has 1 heterocycles. The molecule has 0 aromatic rings. The van der Waals surface area contributed by atoms with Gasteiger partial charge in [0.15, 0.2) is 0 Å². The number of amides is 1. The van der Waals surface area contributed by atoms with E-state index < -0.39 is 5.97 Å². The first-order valence-corrected chi connectivity index (χ1v) is 6.76. The quantitative estimate of drug-likeness (QED) is 0.676. The van der Waals surface area contributed by atoms with E-state index in [0.29, 0.717) is 6.42 Å². The Kier molecular flexibility index (Phi) is 3.90. The van der Waals surface area contributed by atoms with Crippen LogP contribution in [-0.4, -0.2) is 36.1 Å². The van der Waals surface area contributed by atoms with Crippen molar-refractivity contribution in [3.63, 3.8) is 0 Å². The molecule has 3 N–H and O–H groups in total. The predicted molar refractivity (Wildman–Crippen MR) is 67.1 cm³/mol. The maximum absolute atomic E-state index is 12.1. The van der Waals surface area contributed by atoms with E-state index in [-0.39, 0.29) is 29.7 Å². The van der Waals surface area contributed by atoms with E-state index in [1.807, 2.05) is 6.92 Å². The van der Waals surface area contributed by atoms with E-state index in [1.54, 1.807) is 0 Å². The first-order chi connectivity index (χ1) is 8.53. The molecule has 2 fully saturated rings. The number of hydrogen-bond acceptors (Lipinski definition) is 3. The first-order valence-electron chi connectivity index (χ1n) is 6.76. The molecule has 1 saturated carbocycles. The van der Waals surface area contributed by atoms with Crippen molar-refractivity contribution in [1.29, 1.82) is 0 Å². The van der Waals surface area contributed by atoms with E-state index in [4.69, 9.17) is 5.11 Å². The topological polar surface area (TPSA) is 78.4 Å². The maximum Gasteiger partial charge on any atom is 0.303 e. The summed E-state index contributed by atoms with van der Waals surface area (Å²) >= 11 is 0. The minimum atomic E-state index is -0.808. The molecule has 1 aliphatic heterocycles. The summed E-state index contributed by atoms with van der Waals surface area (Å²) in [6.45, 7) is 3.90. The van der Waals surface area contributed by atoms with Gasteiger partial charge in [0.2, 0.25) is 5.91 Å². The summed E-state index contributed by atoms with van der Waals surface area (Å²) in [7, 11) is 0. The molecular weight excluding hydrogens is 232 g/mol. The molecule has 1 amide bonds. The molecule has 2 unspecified atom stereocenters. The van der Waals surface area contributed by atoms with Crippen LogP contribution in [0.4, 0.5) is 0 Å².